The Morgan fingerprint density at radius 3 is 1.83 bits per heavy atom. The maximum Gasteiger partial charge on any atom is 0.373 e. The molecule has 1 aromatic carbocycles. The average Bonchev–Trinajstić information content (AvgIpc) is 4.06. The molecule has 1 N–H and O–H groups in total. The number of fused-ring (bicyclic) bond motifs is 8. The zero-order valence-corrected chi connectivity index (χ0v) is 33.2. The number of rotatable bonds is 5. The zero-order valence-electron chi connectivity index (χ0n) is 31.6. The van der Waals surface area contributed by atoms with E-state index in [1.807, 2.05) is 18.2 Å². The molecule has 4 bridgehead atoms. The van der Waals surface area contributed by atoms with Crippen molar-refractivity contribution in [2.75, 3.05) is 13.2 Å². The molecule has 0 saturated carbocycles. The second-order valence-electron chi connectivity index (χ2n) is 15.1. The van der Waals surface area contributed by atoms with Gasteiger partial charge in [-0.05, 0) is 49.0 Å². The van der Waals surface area contributed by atoms with E-state index in [4.69, 9.17) is 66.5 Å². The van der Waals surface area contributed by atoms with Crippen LogP contribution in [-0.2, 0) is 73.2 Å². The van der Waals surface area contributed by atoms with Gasteiger partial charge >= 0.3 is 12.3 Å². The van der Waals surface area contributed by atoms with Crippen LogP contribution in [0.25, 0.3) is 0 Å². The average molecular weight is 830 g/mol. The maximum absolute atomic E-state index is 9.38. The third kappa shape index (κ3) is 10.1. The van der Waals surface area contributed by atoms with E-state index < -0.39 is 12.4 Å². The fourth-order valence-electron chi connectivity index (χ4n) is 7.66. The second kappa shape index (κ2) is 19.4. The lowest BCUT2D eigenvalue weighted by Crippen LogP contribution is -2.54. The molecule has 0 spiro atoms. The summed E-state index contributed by atoms with van der Waals surface area (Å²) >= 11 is 3.54. The predicted molar refractivity (Wildman–Crippen MR) is 186 cm³/mol. The largest absolute Gasteiger partial charge is 0.387 e. The van der Waals surface area contributed by atoms with Crippen LogP contribution in [0.4, 0.5) is 0 Å². The lowest BCUT2D eigenvalue weighted by molar-refractivity contribution is -0.303. The molecule has 8 fully saturated rings. The van der Waals surface area contributed by atoms with Crippen LogP contribution in [0.1, 0.15) is 54.0 Å². The van der Waals surface area contributed by atoms with Crippen molar-refractivity contribution in [1.82, 2.24) is 0 Å². The quantitative estimate of drug-likeness (QED) is 0.337. The highest BCUT2D eigenvalue weighted by atomic mass is 79.9. The summed E-state index contributed by atoms with van der Waals surface area (Å²) in [6.45, 7) is 17.1. The summed E-state index contributed by atoms with van der Waals surface area (Å²) in [7, 11) is 0. The van der Waals surface area contributed by atoms with Gasteiger partial charge in [-0.25, -0.2) is 0 Å². The Balaban J connectivity index is 0.000000170. The van der Waals surface area contributed by atoms with Crippen LogP contribution >= 0.6 is 15.9 Å². The lowest BCUT2D eigenvalue weighted by Gasteiger charge is -2.44. The molecule has 302 valence electrons. The summed E-state index contributed by atoms with van der Waals surface area (Å²) < 4.78 is 57.5. The topological polar surface area (TPSA) is 187 Å². The number of hydrogen-bond acceptors (Lipinski definition) is 15. The highest BCUT2D eigenvalue weighted by Gasteiger charge is 2.63. The molecule has 1 aromatic rings. The molecule has 0 aromatic heterocycles. The molecule has 54 heavy (non-hydrogen) atoms. The van der Waals surface area contributed by atoms with E-state index in [1.165, 1.54) is 0 Å². The van der Waals surface area contributed by atoms with Crippen LogP contribution in [0.2, 0.25) is 0 Å². The molecule has 16 heteroatoms. The number of aliphatic hydroxyl groups excluding tert-OH is 1. The minimum atomic E-state index is -0.469. The Morgan fingerprint density at radius 2 is 1.19 bits per heavy atom. The van der Waals surface area contributed by atoms with E-state index in [0.717, 1.165) is 11.5 Å². The van der Waals surface area contributed by atoms with E-state index in [1.54, 1.807) is 0 Å². The summed E-state index contributed by atoms with van der Waals surface area (Å²) in [6, 6.07) is 10.2. The minimum absolute atomic E-state index is 0.00482. The van der Waals surface area contributed by atoms with Gasteiger partial charge in [-0.2, -0.15) is 19.2 Å². The zero-order chi connectivity index (χ0) is 39.3. The molecule has 8 heterocycles. The van der Waals surface area contributed by atoms with Crippen LogP contribution in [0.3, 0.4) is 0 Å². The first kappa shape index (κ1) is 43.1. The van der Waals surface area contributed by atoms with Gasteiger partial charge in [-0.15, -0.1) is 0 Å². The van der Waals surface area contributed by atoms with Crippen LogP contribution in [-0.4, -0.2) is 122 Å². The van der Waals surface area contributed by atoms with Gasteiger partial charge in [-0.3, -0.25) is 0 Å². The van der Waals surface area contributed by atoms with Crippen molar-refractivity contribution in [3.05, 3.63) is 35.9 Å². The Bertz CT molecular complexity index is 1370. The summed E-state index contributed by atoms with van der Waals surface area (Å²) in [5, 5.41) is 9.63. The summed E-state index contributed by atoms with van der Waals surface area (Å²) in [6.07, 6.45) is -0.851. The summed E-state index contributed by atoms with van der Waals surface area (Å²) in [4.78, 5) is 32.5. The monoisotopic (exact) mass is 828 g/mol. The van der Waals surface area contributed by atoms with Crippen molar-refractivity contribution in [3.63, 3.8) is 0 Å². The van der Waals surface area contributed by atoms with Crippen molar-refractivity contribution in [3.8, 4) is 0 Å². The molecule has 20 atom stereocenters. The van der Waals surface area contributed by atoms with Gasteiger partial charge in [0.1, 0.15) is 59.9 Å². The van der Waals surface area contributed by atoms with Crippen molar-refractivity contribution in [2.24, 2.45) is 29.6 Å². The highest BCUT2D eigenvalue weighted by Crippen LogP contribution is 2.45. The molecule has 8 aliphatic heterocycles. The first-order valence-electron chi connectivity index (χ1n) is 18.6. The Labute approximate surface area is 324 Å². The lowest BCUT2D eigenvalue weighted by atomic mass is 9.80. The van der Waals surface area contributed by atoms with Crippen LogP contribution < -0.4 is 0 Å². The Kier molecular flexibility index (Phi) is 15.5. The third-order valence-electron chi connectivity index (χ3n) is 12.0. The fourth-order valence-corrected chi connectivity index (χ4v) is 8.48. The second-order valence-corrected chi connectivity index (χ2v) is 16.0. The molecule has 9 rings (SSSR count). The van der Waals surface area contributed by atoms with E-state index in [-0.39, 0.29) is 84.8 Å². The number of epoxide rings is 2. The number of carbonyl (C=O) groups excluding carboxylic acids is 4. The molecule has 8 saturated heterocycles. The molecule has 0 aliphatic carbocycles. The molecule has 8 unspecified atom stereocenters. The van der Waals surface area contributed by atoms with Crippen molar-refractivity contribution >= 4 is 28.2 Å². The van der Waals surface area contributed by atoms with E-state index >= 15 is 0 Å². The first-order valence-corrected chi connectivity index (χ1v) is 19.5. The van der Waals surface area contributed by atoms with Gasteiger partial charge in [0, 0.05) is 0 Å². The van der Waals surface area contributed by atoms with E-state index in [0.29, 0.717) is 49.6 Å². The SMILES string of the molecule is CC1O[C@@H](O[C@@H]2C3CO[C@H](O3)C3O[C@@H]32)C(OCc2ccccc2)[C@@H](C)[C@@H]1C.CC1O[C@H](Br)C(C)[C@@H](C)[C@@H]1C.O=C=O.O=C=O.O[C@@H]1C2CO[C@H](O2)C2O[C@@H]21. The number of aliphatic hydroxyl groups is 1. The maximum atomic E-state index is 9.38. The molecule has 0 radical (unpaired) electrons. The fraction of sp³-hybridized carbons (Fsp3) is 0.789. The van der Waals surface area contributed by atoms with E-state index in [2.05, 4.69) is 76.5 Å². The number of benzene rings is 1. The third-order valence-corrected chi connectivity index (χ3v) is 13.0. The van der Waals surface area contributed by atoms with E-state index in [9.17, 15) is 5.11 Å². The van der Waals surface area contributed by atoms with Gasteiger partial charge in [-0.1, -0.05) is 80.9 Å². The van der Waals surface area contributed by atoms with Gasteiger partial charge in [0.25, 0.3) is 0 Å². The van der Waals surface area contributed by atoms with Gasteiger partial charge < -0.3 is 52.5 Å². The normalized spacial score (nSPS) is 47.0. The predicted octanol–water partition coefficient (Wildman–Crippen LogP) is 3.23. The molecule has 0 amide bonds. The number of hydrogen-bond donors (Lipinski definition) is 1. The van der Waals surface area contributed by atoms with Crippen LogP contribution in [0, 0.1) is 29.6 Å². The molecule has 15 nitrogen and oxygen atoms in total. The molecule has 8 aliphatic rings. The van der Waals surface area contributed by atoms with Crippen molar-refractivity contribution in [2.45, 2.75) is 146 Å². The molecular weight excluding hydrogens is 776 g/mol. The van der Waals surface area contributed by atoms with Crippen molar-refractivity contribution in [1.29, 1.82) is 0 Å². The Morgan fingerprint density at radius 1 is 0.648 bits per heavy atom. The van der Waals surface area contributed by atoms with Crippen molar-refractivity contribution < 1.29 is 71.7 Å². The van der Waals surface area contributed by atoms with Gasteiger partial charge in [0.15, 0.2) is 18.9 Å². The summed E-state index contributed by atoms with van der Waals surface area (Å²) in [5.41, 5.74) is 1.15. The number of alkyl halides is 1. The van der Waals surface area contributed by atoms with Gasteiger partial charge in [0.05, 0.1) is 32.0 Å². The smallest absolute Gasteiger partial charge is 0.373 e. The molecular formula is C38H53BrO15. The summed E-state index contributed by atoms with van der Waals surface area (Å²) in [5.74, 6) is 2.76. The van der Waals surface area contributed by atoms with Crippen LogP contribution in [0.15, 0.2) is 30.3 Å². The number of halogens is 1. The van der Waals surface area contributed by atoms with Crippen LogP contribution in [0.5, 0.6) is 0 Å². The van der Waals surface area contributed by atoms with Gasteiger partial charge in [0.2, 0.25) is 0 Å². The minimum Gasteiger partial charge on any atom is -0.387 e. The highest BCUT2D eigenvalue weighted by molar-refractivity contribution is 9.09. The first-order chi connectivity index (χ1) is 25.8. The number of ether oxygens (including phenoxy) is 10. The standard InChI is InChI=1S/C21H28O6.C9H17BrO.C6H8O4.2CO2/c1-11-12(2)16(22-9-14-7-5-4-6-8-14)21(24-13(11)3)27-17-15-10-23-20(25-15)19-18(17)26-19;1-5-6(2)8(4)11-9(10)7(5)3;7-3-2-1-8-6(9-2)5-4(3)10-5;2*2-1-3/h4-8,11-13,15-21H,9-10H2,1-3H3;5-9H,1-4H3;2-7H,1H2;;/t11-,12-,13?,15?,16?,17+,18+,19?,20+,21-;5-,6-,7?,8?,9-;2?,3-,4-,5?,6-;;/m001../s1. The Hall–Kier alpha value is -1.98.